The molecular formula is C18H16F3NO2. The van der Waals surface area contributed by atoms with Gasteiger partial charge < -0.3 is 9.64 Å². The standard InChI is InChI=1S/C18H16F3NO2/c19-13-5-8-17(16(21)9-13)24-11-18(23)22(14-6-7-14)10-12-3-1-2-4-15(12)20/h1-5,8-9,14H,6-7,10-11H2. The van der Waals surface area contributed by atoms with E-state index in [1.807, 2.05) is 0 Å². The van der Waals surface area contributed by atoms with Gasteiger partial charge in [0.05, 0.1) is 0 Å². The molecule has 3 nitrogen and oxygen atoms in total. The van der Waals surface area contributed by atoms with Gasteiger partial charge in [0, 0.05) is 24.2 Å². The van der Waals surface area contributed by atoms with Crippen LogP contribution in [0.25, 0.3) is 0 Å². The van der Waals surface area contributed by atoms with E-state index in [0.717, 1.165) is 25.0 Å². The molecule has 1 amide bonds. The van der Waals surface area contributed by atoms with Crippen LogP contribution in [0.4, 0.5) is 13.2 Å². The van der Waals surface area contributed by atoms with E-state index in [2.05, 4.69) is 0 Å². The fourth-order valence-corrected chi connectivity index (χ4v) is 2.43. The number of rotatable bonds is 6. The number of nitrogens with zero attached hydrogens (tertiary/aromatic N) is 1. The van der Waals surface area contributed by atoms with Gasteiger partial charge in [-0.05, 0) is 31.0 Å². The predicted molar refractivity (Wildman–Crippen MR) is 81.8 cm³/mol. The number of hydrogen-bond donors (Lipinski definition) is 0. The van der Waals surface area contributed by atoms with Gasteiger partial charge >= 0.3 is 0 Å². The number of hydrogen-bond acceptors (Lipinski definition) is 2. The first-order chi connectivity index (χ1) is 11.5. The highest BCUT2D eigenvalue weighted by molar-refractivity contribution is 5.78. The van der Waals surface area contributed by atoms with E-state index in [1.54, 1.807) is 23.1 Å². The minimum absolute atomic E-state index is 0.0544. The Bertz CT molecular complexity index is 747. The van der Waals surface area contributed by atoms with Crippen LogP contribution in [0, 0.1) is 17.5 Å². The van der Waals surface area contributed by atoms with E-state index in [9.17, 15) is 18.0 Å². The lowest BCUT2D eigenvalue weighted by atomic mass is 10.2. The van der Waals surface area contributed by atoms with Crippen molar-refractivity contribution in [3.05, 3.63) is 65.5 Å². The highest BCUT2D eigenvalue weighted by Crippen LogP contribution is 2.29. The zero-order chi connectivity index (χ0) is 17.1. The van der Waals surface area contributed by atoms with Gasteiger partial charge in [0.25, 0.3) is 5.91 Å². The quantitative estimate of drug-likeness (QED) is 0.806. The van der Waals surface area contributed by atoms with E-state index in [-0.39, 0.29) is 36.7 Å². The number of ether oxygens (including phenoxy) is 1. The summed E-state index contributed by atoms with van der Waals surface area (Å²) >= 11 is 0. The maximum atomic E-state index is 13.8. The SMILES string of the molecule is O=C(COc1ccc(F)cc1F)N(Cc1ccccc1F)C1CC1. The Hall–Kier alpha value is -2.50. The van der Waals surface area contributed by atoms with Gasteiger partial charge in [-0.1, -0.05) is 18.2 Å². The van der Waals surface area contributed by atoms with Gasteiger partial charge in [-0.25, -0.2) is 13.2 Å². The van der Waals surface area contributed by atoms with Gasteiger partial charge in [-0.15, -0.1) is 0 Å². The zero-order valence-electron chi connectivity index (χ0n) is 12.8. The van der Waals surface area contributed by atoms with Crippen LogP contribution in [0.2, 0.25) is 0 Å². The molecule has 1 aliphatic rings. The Balaban J connectivity index is 1.66. The fourth-order valence-electron chi connectivity index (χ4n) is 2.43. The van der Waals surface area contributed by atoms with E-state index >= 15 is 0 Å². The molecule has 1 fully saturated rings. The Labute approximate surface area is 137 Å². The van der Waals surface area contributed by atoms with Crippen molar-refractivity contribution in [2.75, 3.05) is 6.61 Å². The van der Waals surface area contributed by atoms with Gasteiger partial charge in [0.15, 0.2) is 18.2 Å². The molecule has 6 heteroatoms. The van der Waals surface area contributed by atoms with E-state index in [0.29, 0.717) is 11.6 Å². The molecule has 0 aromatic heterocycles. The van der Waals surface area contributed by atoms with Crippen molar-refractivity contribution in [1.29, 1.82) is 0 Å². The van der Waals surface area contributed by atoms with Crippen LogP contribution in [0.3, 0.4) is 0 Å². The predicted octanol–water partition coefficient (Wildman–Crippen LogP) is 3.67. The maximum Gasteiger partial charge on any atom is 0.261 e. The summed E-state index contributed by atoms with van der Waals surface area (Å²) in [5.41, 5.74) is 0.422. The van der Waals surface area contributed by atoms with Gasteiger partial charge in [0.1, 0.15) is 11.6 Å². The molecule has 3 rings (SSSR count). The zero-order valence-corrected chi connectivity index (χ0v) is 12.8. The monoisotopic (exact) mass is 335 g/mol. The van der Waals surface area contributed by atoms with Crippen molar-refractivity contribution in [2.24, 2.45) is 0 Å². The summed E-state index contributed by atoms with van der Waals surface area (Å²) in [5.74, 6) is -2.50. The Morgan fingerprint density at radius 3 is 2.50 bits per heavy atom. The van der Waals surface area contributed by atoms with Crippen LogP contribution in [-0.4, -0.2) is 23.5 Å². The molecule has 0 spiro atoms. The highest BCUT2D eigenvalue weighted by atomic mass is 19.1. The Morgan fingerprint density at radius 2 is 1.83 bits per heavy atom. The topological polar surface area (TPSA) is 29.5 Å². The van der Waals surface area contributed by atoms with Crippen LogP contribution in [0.5, 0.6) is 5.75 Å². The molecule has 0 atom stereocenters. The number of carbonyl (C=O) groups is 1. The Kier molecular flexibility index (Phi) is 4.74. The summed E-state index contributed by atoms with van der Waals surface area (Å²) in [4.78, 5) is 13.9. The van der Waals surface area contributed by atoms with Crippen molar-refractivity contribution in [1.82, 2.24) is 4.90 Å². The van der Waals surface area contributed by atoms with Crippen molar-refractivity contribution >= 4 is 5.91 Å². The van der Waals surface area contributed by atoms with Crippen LogP contribution in [-0.2, 0) is 11.3 Å². The molecule has 1 saturated carbocycles. The molecule has 2 aromatic rings. The maximum absolute atomic E-state index is 13.8. The molecule has 0 N–H and O–H groups in total. The second-order valence-corrected chi connectivity index (χ2v) is 5.71. The van der Waals surface area contributed by atoms with Gasteiger partial charge in [0.2, 0.25) is 0 Å². The average molecular weight is 335 g/mol. The highest BCUT2D eigenvalue weighted by Gasteiger charge is 2.33. The third-order valence-electron chi connectivity index (χ3n) is 3.85. The van der Waals surface area contributed by atoms with E-state index < -0.39 is 11.6 Å². The van der Waals surface area contributed by atoms with Crippen molar-refractivity contribution in [2.45, 2.75) is 25.4 Å². The summed E-state index contributed by atoms with van der Waals surface area (Å²) in [6, 6.07) is 9.20. The molecule has 0 saturated heterocycles. The average Bonchev–Trinajstić information content (AvgIpc) is 3.38. The first-order valence-electron chi connectivity index (χ1n) is 7.65. The molecular weight excluding hydrogens is 319 g/mol. The summed E-state index contributed by atoms with van der Waals surface area (Å²) in [5, 5.41) is 0. The minimum Gasteiger partial charge on any atom is -0.481 e. The summed E-state index contributed by atoms with van der Waals surface area (Å²) in [6.45, 7) is -0.237. The van der Waals surface area contributed by atoms with Crippen LogP contribution >= 0.6 is 0 Å². The third kappa shape index (κ3) is 3.88. The summed E-state index contributed by atoms with van der Waals surface area (Å²) in [7, 11) is 0. The third-order valence-corrected chi connectivity index (χ3v) is 3.85. The summed E-state index contributed by atoms with van der Waals surface area (Å²) < 4.78 is 45.3. The molecule has 0 radical (unpaired) electrons. The lowest BCUT2D eigenvalue weighted by Crippen LogP contribution is -2.36. The number of amides is 1. The molecule has 24 heavy (non-hydrogen) atoms. The van der Waals surface area contributed by atoms with Crippen molar-refractivity contribution in [3.63, 3.8) is 0 Å². The molecule has 0 bridgehead atoms. The fraction of sp³-hybridized carbons (Fsp3) is 0.278. The van der Waals surface area contributed by atoms with Crippen LogP contribution in [0.1, 0.15) is 18.4 Å². The van der Waals surface area contributed by atoms with Crippen molar-refractivity contribution in [3.8, 4) is 5.75 Å². The first-order valence-corrected chi connectivity index (χ1v) is 7.65. The minimum atomic E-state index is -0.866. The largest absolute Gasteiger partial charge is 0.481 e. The van der Waals surface area contributed by atoms with E-state index in [1.165, 1.54) is 6.07 Å². The normalized spacial score (nSPS) is 13.6. The number of carbonyl (C=O) groups excluding carboxylic acids is 1. The van der Waals surface area contributed by atoms with Gasteiger partial charge in [-0.3, -0.25) is 4.79 Å². The molecule has 1 aliphatic carbocycles. The Morgan fingerprint density at radius 1 is 1.08 bits per heavy atom. The number of benzene rings is 2. The number of halogens is 3. The lowest BCUT2D eigenvalue weighted by molar-refractivity contribution is -0.134. The molecule has 0 heterocycles. The molecule has 126 valence electrons. The van der Waals surface area contributed by atoms with Crippen LogP contribution < -0.4 is 4.74 Å². The van der Waals surface area contributed by atoms with Crippen molar-refractivity contribution < 1.29 is 22.7 Å². The molecule has 0 aliphatic heterocycles. The molecule has 0 unspecified atom stereocenters. The van der Waals surface area contributed by atoms with Crippen LogP contribution in [0.15, 0.2) is 42.5 Å². The smallest absolute Gasteiger partial charge is 0.261 e. The summed E-state index contributed by atoms with van der Waals surface area (Å²) in [6.07, 6.45) is 1.70. The van der Waals surface area contributed by atoms with Gasteiger partial charge in [-0.2, -0.15) is 0 Å². The van der Waals surface area contributed by atoms with E-state index in [4.69, 9.17) is 4.74 Å². The lowest BCUT2D eigenvalue weighted by Gasteiger charge is -2.23. The second kappa shape index (κ2) is 6.95. The second-order valence-electron chi connectivity index (χ2n) is 5.71. The molecule has 2 aromatic carbocycles. The first kappa shape index (κ1) is 16.4.